The van der Waals surface area contributed by atoms with E-state index in [0.29, 0.717) is 11.8 Å². The molecule has 0 fully saturated rings. The van der Waals surface area contributed by atoms with Crippen molar-refractivity contribution in [2.45, 2.75) is 195 Å². The maximum absolute atomic E-state index is 7.38. The summed E-state index contributed by atoms with van der Waals surface area (Å²) < 4.78 is 9.93. The Balaban J connectivity index is 1.31. The van der Waals surface area contributed by atoms with Crippen LogP contribution >= 0.6 is 80.3 Å². The lowest BCUT2D eigenvalue weighted by Gasteiger charge is -2.17. The van der Waals surface area contributed by atoms with Crippen molar-refractivity contribution in [3.8, 4) is 42.0 Å². The van der Waals surface area contributed by atoms with Gasteiger partial charge in [-0.15, -0.1) is 45.3 Å². The lowest BCUT2D eigenvalue weighted by Crippen LogP contribution is -2.05. The van der Waals surface area contributed by atoms with Gasteiger partial charge in [0.05, 0.1) is 31.5 Å². The minimum Gasteiger partial charge on any atom is -0.242 e. The van der Waals surface area contributed by atoms with E-state index in [1.165, 1.54) is 176 Å². The van der Waals surface area contributed by atoms with Crippen molar-refractivity contribution in [2.75, 3.05) is 0 Å². The largest absolute Gasteiger partial charge is 0.242 e. The second-order valence-electron chi connectivity index (χ2n) is 19.0. The van der Waals surface area contributed by atoms with Gasteiger partial charge in [0, 0.05) is 30.6 Å². The van der Waals surface area contributed by atoms with E-state index in [-0.39, 0.29) is 0 Å². The lowest BCUT2D eigenvalue weighted by atomic mass is 9.91. The van der Waals surface area contributed by atoms with Gasteiger partial charge < -0.3 is 0 Å². The Bertz CT molecular complexity index is 2330. The molecule has 0 aliphatic rings. The van der Waals surface area contributed by atoms with E-state index < -0.39 is 0 Å². The topological polar surface area (TPSA) is 51.6 Å². The molecule has 1 aromatic carbocycles. The predicted molar refractivity (Wildman–Crippen MR) is 302 cm³/mol. The standard InChI is InChI=1S/C56H74Cl2N4S5/c1-5-9-13-17-19-23-29-39(27-21-15-11-7-3)35-45-41(57)37-47(65-45)51-52(48-38-42(58)46(66-48)36-40(28-22-16-12-8-4)30-24-20-18-14-10-6-2)60-54-50(44-32-26-34-64-44)56-55(61-67-62-56)49(53(54)59-51)43-31-25-33-63-43/h25-26,31-34,37-40H,5-24,27-30,35-36H2,1-4H3. The van der Waals surface area contributed by atoms with Crippen LogP contribution in [0.4, 0.5) is 0 Å². The van der Waals surface area contributed by atoms with Crippen molar-refractivity contribution in [1.82, 2.24) is 18.7 Å². The number of halogens is 2. The van der Waals surface area contributed by atoms with Crippen molar-refractivity contribution in [3.05, 3.63) is 67.0 Å². The molecular formula is C56H74Cl2N4S5. The van der Waals surface area contributed by atoms with E-state index in [1.54, 1.807) is 22.7 Å². The molecule has 2 unspecified atom stereocenters. The summed E-state index contributed by atoms with van der Waals surface area (Å²) in [5, 5.41) is 5.99. The van der Waals surface area contributed by atoms with E-state index in [1.807, 2.05) is 22.7 Å². The average molecular weight is 1030 g/mol. The Morgan fingerprint density at radius 1 is 0.448 bits per heavy atom. The fraction of sp³-hybridized carbons (Fsp3) is 0.571. The van der Waals surface area contributed by atoms with Crippen molar-refractivity contribution in [1.29, 1.82) is 0 Å². The minimum atomic E-state index is 0.628. The molecule has 7 rings (SSSR count). The zero-order valence-corrected chi connectivity index (χ0v) is 46.3. The van der Waals surface area contributed by atoms with Gasteiger partial charge in [0.2, 0.25) is 0 Å². The maximum Gasteiger partial charge on any atom is 0.116 e. The van der Waals surface area contributed by atoms with Crippen LogP contribution in [0.25, 0.3) is 64.1 Å². The summed E-state index contributed by atoms with van der Waals surface area (Å²) in [5.74, 6) is 1.26. The molecule has 0 amide bonds. The molecule has 4 nitrogen and oxygen atoms in total. The van der Waals surface area contributed by atoms with Crippen LogP contribution in [-0.4, -0.2) is 18.7 Å². The van der Waals surface area contributed by atoms with Crippen LogP contribution in [0.5, 0.6) is 0 Å². The zero-order chi connectivity index (χ0) is 46.8. The predicted octanol–water partition coefficient (Wildman–Crippen LogP) is 21.6. The minimum absolute atomic E-state index is 0.628. The Labute approximate surface area is 433 Å². The summed E-state index contributed by atoms with van der Waals surface area (Å²) in [4.78, 5) is 18.5. The number of hydrogen-bond donors (Lipinski definition) is 0. The summed E-state index contributed by atoms with van der Waals surface area (Å²) in [6.45, 7) is 9.22. The van der Waals surface area contributed by atoms with Crippen LogP contribution in [0.3, 0.4) is 0 Å². The van der Waals surface area contributed by atoms with Crippen LogP contribution in [0.15, 0.2) is 47.2 Å². The third kappa shape index (κ3) is 14.4. The average Bonchev–Trinajstić information content (AvgIpc) is 4.21. The van der Waals surface area contributed by atoms with Crippen molar-refractivity contribution >= 4 is 102 Å². The van der Waals surface area contributed by atoms with Gasteiger partial charge in [0.15, 0.2) is 0 Å². The third-order valence-corrected chi connectivity index (χ3v) is 19.2. The summed E-state index contributed by atoms with van der Waals surface area (Å²) in [6.07, 6.45) is 33.4. The molecule has 67 heavy (non-hydrogen) atoms. The Morgan fingerprint density at radius 2 is 0.806 bits per heavy atom. The number of aromatic nitrogens is 4. The van der Waals surface area contributed by atoms with E-state index in [4.69, 9.17) is 41.9 Å². The second-order valence-corrected chi connectivity index (χ2v) is 24.5. The molecule has 0 aliphatic carbocycles. The molecule has 0 bridgehead atoms. The molecule has 0 aliphatic heterocycles. The lowest BCUT2D eigenvalue weighted by molar-refractivity contribution is 0.404. The highest BCUT2D eigenvalue weighted by molar-refractivity contribution is 7.17. The van der Waals surface area contributed by atoms with Gasteiger partial charge in [0.1, 0.15) is 33.5 Å². The first-order valence-corrected chi connectivity index (χ1v) is 31.0. The highest BCUT2D eigenvalue weighted by Crippen LogP contribution is 2.49. The number of nitrogens with zero attached hydrogens (tertiary/aromatic N) is 4. The smallest absolute Gasteiger partial charge is 0.116 e. The number of rotatable bonds is 32. The molecule has 11 heteroatoms. The fourth-order valence-corrected chi connectivity index (χ4v) is 15.0. The summed E-state index contributed by atoms with van der Waals surface area (Å²) in [5.41, 5.74) is 7.28. The monoisotopic (exact) mass is 1030 g/mol. The van der Waals surface area contributed by atoms with Crippen molar-refractivity contribution in [2.24, 2.45) is 11.8 Å². The van der Waals surface area contributed by atoms with Gasteiger partial charge in [-0.3, -0.25) is 0 Å². The molecule has 6 aromatic heterocycles. The van der Waals surface area contributed by atoms with E-state index in [2.05, 4.69) is 74.9 Å². The first kappa shape index (κ1) is 52.6. The Kier molecular flexibility index (Phi) is 21.9. The first-order valence-electron chi connectivity index (χ1n) is 26.1. The van der Waals surface area contributed by atoms with Crippen LogP contribution in [0.2, 0.25) is 10.0 Å². The zero-order valence-electron chi connectivity index (χ0n) is 40.7. The molecule has 7 aromatic rings. The molecule has 6 heterocycles. The highest BCUT2D eigenvalue weighted by atomic mass is 35.5. The molecule has 0 saturated carbocycles. The first-order chi connectivity index (χ1) is 32.9. The van der Waals surface area contributed by atoms with Gasteiger partial charge in [-0.25, -0.2) is 9.97 Å². The van der Waals surface area contributed by atoms with Crippen LogP contribution in [-0.2, 0) is 12.8 Å². The number of hydrogen-bond acceptors (Lipinski definition) is 9. The normalized spacial score (nSPS) is 12.9. The SMILES string of the molecule is CCCCCCCCC(CCCCCC)Cc1sc(-c2nc3c(-c4cccs4)c4nsnc4c(-c4cccs4)c3nc2-c2cc(Cl)c(CC(CCCCCC)CCCCCCCC)s2)cc1Cl. The summed E-state index contributed by atoms with van der Waals surface area (Å²) in [6, 6.07) is 13.0. The van der Waals surface area contributed by atoms with Gasteiger partial charge >= 0.3 is 0 Å². The van der Waals surface area contributed by atoms with Crippen LogP contribution in [0, 0.1) is 11.8 Å². The third-order valence-electron chi connectivity index (χ3n) is 13.7. The van der Waals surface area contributed by atoms with Crippen LogP contribution < -0.4 is 0 Å². The molecule has 0 saturated heterocycles. The molecule has 362 valence electrons. The number of benzene rings is 1. The molecule has 0 N–H and O–H groups in total. The maximum atomic E-state index is 7.38. The number of fused-ring (bicyclic) bond motifs is 2. The second kappa shape index (κ2) is 28.0. The quantitative estimate of drug-likeness (QED) is 0.0395. The summed E-state index contributed by atoms with van der Waals surface area (Å²) >= 11 is 23.1. The van der Waals surface area contributed by atoms with Gasteiger partial charge in [0.25, 0.3) is 0 Å². The van der Waals surface area contributed by atoms with Crippen molar-refractivity contribution < 1.29 is 0 Å². The fourth-order valence-electron chi connectivity index (χ4n) is 9.87. The Hall–Kier alpha value is -2.24. The van der Waals surface area contributed by atoms with E-state index in [0.717, 1.165) is 87.0 Å². The summed E-state index contributed by atoms with van der Waals surface area (Å²) in [7, 11) is 0. The van der Waals surface area contributed by atoms with Gasteiger partial charge in [-0.2, -0.15) is 8.75 Å². The number of thiophene rings is 4. The molecule has 0 radical (unpaired) electrons. The van der Waals surface area contributed by atoms with Crippen LogP contribution in [0.1, 0.15) is 192 Å². The van der Waals surface area contributed by atoms with Gasteiger partial charge in [-0.1, -0.05) is 217 Å². The number of unbranched alkanes of at least 4 members (excludes halogenated alkanes) is 16. The van der Waals surface area contributed by atoms with E-state index >= 15 is 0 Å². The molecular weight excluding hydrogens is 960 g/mol. The molecule has 2 atom stereocenters. The highest BCUT2D eigenvalue weighted by Gasteiger charge is 2.28. The van der Waals surface area contributed by atoms with Crippen molar-refractivity contribution in [3.63, 3.8) is 0 Å². The van der Waals surface area contributed by atoms with Gasteiger partial charge in [-0.05, 0) is 59.7 Å². The Morgan fingerprint density at radius 3 is 1.16 bits per heavy atom. The van der Waals surface area contributed by atoms with E-state index in [9.17, 15) is 0 Å². The molecule has 0 spiro atoms.